The van der Waals surface area contributed by atoms with Gasteiger partial charge in [-0.05, 0) is 5.56 Å². The molecule has 18 heavy (non-hydrogen) atoms. The van der Waals surface area contributed by atoms with Crippen LogP contribution >= 0.6 is 0 Å². The molecule has 0 spiro atoms. The minimum Gasteiger partial charge on any atom is -0.370 e. The molecule has 0 saturated carbocycles. The molecule has 2 unspecified atom stereocenters. The highest BCUT2D eigenvalue weighted by Crippen LogP contribution is 2.38. The summed E-state index contributed by atoms with van der Waals surface area (Å²) in [6.45, 7) is 0. The van der Waals surface area contributed by atoms with Gasteiger partial charge in [0.15, 0.2) is 5.96 Å². The third-order valence-electron chi connectivity index (χ3n) is 2.77. The Balaban J connectivity index is 2.33. The smallest absolute Gasteiger partial charge is 0.370 e. The summed E-state index contributed by atoms with van der Waals surface area (Å²) in [6, 6.07) is 7.59. The molecule has 0 amide bonds. The number of hydrogen-bond donors (Lipinski definition) is 3. The molecule has 98 valence electrons. The van der Waals surface area contributed by atoms with Gasteiger partial charge in [0.05, 0.1) is 6.04 Å². The molecule has 2 atom stereocenters. The number of nitrogens with two attached hydrogens (primary N) is 1. The average Bonchev–Trinajstić information content (AvgIpc) is 2.27. The first-order valence-corrected chi connectivity index (χ1v) is 5.27. The normalized spacial score (nSPS) is 28.4. The molecule has 1 aliphatic heterocycles. The molecule has 0 radical (unpaired) electrons. The number of guanidine groups is 1. The van der Waals surface area contributed by atoms with E-state index in [0.717, 1.165) is 0 Å². The summed E-state index contributed by atoms with van der Waals surface area (Å²) in [7, 11) is 0. The van der Waals surface area contributed by atoms with Gasteiger partial charge in [0.1, 0.15) is 0 Å². The van der Waals surface area contributed by atoms with Crippen molar-refractivity contribution in [2.75, 3.05) is 0 Å². The van der Waals surface area contributed by atoms with Crippen LogP contribution in [0.25, 0.3) is 0 Å². The summed E-state index contributed by atoms with van der Waals surface area (Å²) >= 11 is 0. The Kier molecular flexibility index (Phi) is 2.94. The molecular weight excluding hydrogens is 247 g/mol. The quantitative estimate of drug-likeness (QED) is 0.711. The number of rotatable bonds is 1. The summed E-state index contributed by atoms with van der Waals surface area (Å²) in [5, 5.41) is 11.4. The lowest BCUT2D eigenvalue weighted by Crippen LogP contribution is -2.63. The van der Waals surface area contributed by atoms with Gasteiger partial charge in [-0.15, -0.1) is 0 Å². The molecule has 1 aromatic rings. The number of halogens is 3. The van der Waals surface area contributed by atoms with Gasteiger partial charge < -0.3 is 16.2 Å². The number of benzene rings is 1. The number of nitrogens with one attached hydrogen (secondary N) is 1. The van der Waals surface area contributed by atoms with Gasteiger partial charge in [-0.2, -0.15) is 13.2 Å². The van der Waals surface area contributed by atoms with Crippen molar-refractivity contribution >= 4 is 5.96 Å². The molecule has 2 rings (SSSR count). The topological polar surface area (TPSA) is 70.6 Å². The van der Waals surface area contributed by atoms with E-state index in [2.05, 4.69) is 4.99 Å². The van der Waals surface area contributed by atoms with Crippen LogP contribution in [0.3, 0.4) is 0 Å². The fourth-order valence-electron chi connectivity index (χ4n) is 1.84. The van der Waals surface area contributed by atoms with E-state index in [1.807, 2.05) is 0 Å². The van der Waals surface area contributed by atoms with E-state index in [1.54, 1.807) is 35.6 Å². The monoisotopic (exact) mass is 259 g/mol. The van der Waals surface area contributed by atoms with Gasteiger partial charge in [0.2, 0.25) is 5.72 Å². The van der Waals surface area contributed by atoms with Crippen LogP contribution in [0, 0.1) is 0 Å². The molecule has 0 aliphatic carbocycles. The summed E-state index contributed by atoms with van der Waals surface area (Å²) < 4.78 is 38.3. The Bertz CT molecular complexity index is 460. The maximum absolute atomic E-state index is 12.8. The van der Waals surface area contributed by atoms with Crippen LogP contribution in [0.2, 0.25) is 0 Å². The summed E-state index contributed by atoms with van der Waals surface area (Å²) in [5.74, 6) is -0.421. The number of alkyl halides is 3. The van der Waals surface area contributed by atoms with Crippen LogP contribution in [-0.2, 0) is 0 Å². The van der Waals surface area contributed by atoms with Crippen LogP contribution in [-0.4, -0.2) is 23.0 Å². The second-order valence-corrected chi connectivity index (χ2v) is 4.13. The lowest BCUT2D eigenvalue weighted by atomic mass is 9.95. The second kappa shape index (κ2) is 4.16. The van der Waals surface area contributed by atoms with Crippen molar-refractivity contribution < 1.29 is 18.3 Å². The lowest BCUT2D eigenvalue weighted by Gasteiger charge is -2.37. The highest BCUT2D eigenvalue weighted by Gasteiger charge is 2.56. The van der Waals surface area contributed by atoms with E-state index in [1.165, 1.54) is 0 Å². The van der Waals surface area contributed by atoms with Crippen molar-refractivity contribution in [1.82, 2.24) is 5.32 Å². The van der Waals surface area contributed by atoms with Crippen molar-refractivity contribution in [3.8, 4) is 0 Å². The molecule has 4 N–H and O–H groups in total. The SMILES string of the molecule is NC1=NC(c2ccccc2)CC(O)(C(F)(F)F)N1. The third kappa shape index (κ3) is 2.26. The van der Waals surface area contributed by atoms with Crippen molar-refractivity contribution in [3.05, 3.63) is 35.9 Å². The van der Waals surface area contributed by atoms with E-state index >= 15 is 0 Å². The van der Waals surface area contributed by atoms with Crippen molar-refractivity contribution in [3.63, 3.8) is 0 Å². The molecule has 1 aliphatic rings. The summed E-state index contributed by atoms with van der Waals surface area (Å²) in [5.41, 5.74) is 2.85. The fourth-order valence-corrected chi connectivity index (χ4v) is 1.84. The van der Waals surface area contributed by atoms with Gasteiger partial charge in [0, 0.05) is 6.42 Å². The Morgan fingerprint density at radius 1 is 1.33 bits per heavy atom. The van der Waals surface area contributed by atoms with E-state index < -0.39 is 30.3 Å². The second-order valence-electron chi connectivity index (χ2n) is 4.13. The zero-order valence-electron chi connectivity index (χ0n) is 9.28. The molecule has 1 heterocycles. The predicted octanol–water partition coefficient (Wildman–Crippen LogP) is 1.29. The van der Waals surface area contributed by atoms with Crippen LogP contribution in [0.4, 0.5) is 13.2 Å². The number of nitrogens with zero attached hydrogens (tertiary/aromatic N) is 1. The van der Waals surface area contributed by atoms with Gasteiger partial charge in [-0.25, -0.2) is 4.99 Å². The molecule has 0 bridgehead atoms. The molecule has 0 aromatic heterocycles. The van der Waals surface area contributed by atoms with E-state index in [-0.39, 0.29) is 0 Å². The number of aliphatic hydroxyl groups is 1. The molecule has 0 fully saturated rings. The van der Waals surface area contributed by atoms with Crippen molar-refractivity contribution in [2.45, 2.75) is 24.4 Å². The lowest BCUT2D eigenvalue weighted by molar-refractivity contribution is -0.272. The maximum Gasteiger partial charge on any atom is 0.436 e. The maximum atomic E-state index is 12.8. The Labute approximate surface area is 101 Å². The first-order chi connectivity index (χ1) is 8.32. The zero-order chi connectivity index (χ0) is 13.4. The van der Waals surface area contributed by atoms with Crippen LogP contribution in [0.1, 0.15) is 18.0 Å². The Hall–Kier alpha value is -1.76. The highest BCUT2D eigenvalue weighted by atomic mass is 19.4. The first kappa shape index (κ1) is 12.7. The molecular formula is C11H12F3N3O. The minimum atomic E-state index is -4.82. The van der Waals surface area contributed by atoms with Gasteiger partial charge in [0.25, 0.3) is 0 Å². The number of hydrogen-bond acceptors (Lipinski definition) is 4. The fraction of sp³-hybridized carbons (Fsp3) is 0.364. The van der Waals surface area contributed by atoms with Crippen molar-refractivity contribution in [1.29, 1.82) is 0 Å². The van der Waals surface area contributed by atoms with E-state index in [0.29, 0.717) is 5.56 Å². The minimum absolute atomic E-state index is 0.421. The van der Waals surface area contributed by atoms with E-state index in [4.69, 9.17) is 5.73 Å². The molecule has 4 nitrogen and oxygen atoms in total. The highest BCUT2D eigenvalue weighted by molar-refractivity contribution is 5.79. The average molecular weight is 259 g/mol. The summed E-state index contributed by atoms with van der Waals surface area (Å²) in [6.07, 6.45) is -5.43. The Morgan fingerprint density at radius 3 is 2.50 bits per heavy atom. The third-order valence-corrected chi connectivity index (χ3v) is 2.77. The predicted molar refractivity (Wildman–Crippen MR) is 59.6 cm³/mol. The van der Waals surface area contributed by atoms with E-state index in [9.17, 15) is 18.3 Å². The molecule has 1 aromatic carbocycles. The zero-order valence-corrected chi connectivity index (χ0v) is 9.28. The van der Waals surface area contributed by atoms with Gasteiger partial charge >= 0.3 is 6.18 Å². The molecule has 7 heteroatoms. The van der Waals surface area contributed by atoms with Crippen LogP contribution in [0.5, 0.6) is 0 Å². The molecule has 0 saturated heterocycles. The van der Waals surface area contributed by atoms with Crippen LogP contribution in [0.15, 0.2) is 35.3 Å². The van der Waals surface area contributed by atoms with Gasteiger partial charge in [-0.3, -0.25) is 0 Å². The largest absolute Gasteiger partial charge is 0.436 e. The summed E-state index contributed by atoms with van der Waals surface area (Å²) in [4.78, 5) is 3.88. The van der Waals surface area contributed by atoms with Crippen molar-refractivity contribution in [2.24, 2.45) is 10.7 Å². The van der Waals surface area contributed by atoms with Gasteiger partial charge in [-0.1, -0.05) is 30.3 Å². The van der Waals surface area contributed by atoms with Crippen LogP contribution < -0.4 is 11.1 Å². The standard InChI is InChI=1S/C11H12F3N3O/c12-11(13,14)10(18)6-8(16-9(15)17-10)7-4-2-1-3-5-7/h1-5,8,18H,6H2,(H3,15,16,17). The first-order valence-electron chi connectivity index (χ1n) is 5.27. The Morgan fingerprint density at radius 2 is 1.94 bits per heavy atom. The number of aliphatic imine (C=N–C) groups is 1.